The Labute approximate surface area is 117 Å². The Morgan fingerprint density at radius 1 is 1.16 bits per heavy atom. The molecule has 1 fully saturated rings. The van der Waals surface area contributed by atoms with Gasteiger partial charge in [-0.2, -0.15) is 0 Å². The first-order valence-electron chi connectivity index (χ1n) is 7.55. The minimum absolute atomic E-state index is 0.790. The third-order valence-corrected chi connectivity index (χ3v) is 4.40. The number of aromatic nitrogens is 1. The molecule has 1 heterocycles. The van der Waals surface area contributed by atoms with Crippen LogP contribution < -0.4 is 5.73 Å². The molecule has 0 bridgehead atoms. The van der Waals surface area contributed by atoms with E-state index in [1.807, 2.05) is 12.4 Å². The topological polar surface area (TPSA) is 42.2 Å². The molecule has 1 aromatic heterocycles. The molecule has 1 saturated carbocycles. The first-order chi connectivity index (χ1) is 9.28. The smallest absolute Gasteiger partial charge is 0.0270 e. The number of likely N-dealkylation sites (N-methyl/N-ethyl adjacent to an activating group) is 1. The van der Waals surface area contributed by atoms with Crippen LogP contribution in [0.3, 0.4) is 0 Å². The second-order valence-electron chi connectivity index (χ2n) is 5.99. The van der Waals surface area contributed by atoms with Gasteiger partial charge in [0.1, 0.15) is 0 Å². The summed E-state index contributed by atoms with van der Waals surface area (Å²) >= 11 is 0. The molecule has 0 radical (unpaired) electrons. The average Bonchev–Trinajstić information content (AvgIpc) is 2.47. The van der Waals surface area contributed by atoms with E-state index in [1.165, 1.54) is 37.8 Å². The van der Waals surface area contributed by atoms with Gasteiger partial charge in [0, 0.05) is 25.5 Å². The zero-order chi connectivity index (χ0) is 13.5. The Morgan fingerprint density at radius 2 is 1.79 bits per heavy atom. The van der Waals surface area contributed by atoms with Gasteiger partial charge >= 0.3 is 0 Å². The molecule has 0 saturated heterocycles. The van der Waals surface area contributed by atoms with E-state index in [-0.39, 0.29) is 0 Å². The normalized spacial score (nSPS) is 23.7. The van der Waals surface area contributed by atoms with E-state index < -0.39 is 0 Å². The standard InChI is InChI=1S/C16H27N3/c1-19(11-8-14-6-9-18-10-7-14)13-16-4-2-15(12-17)3-5-16/h6-7,9-10,15-16H,2-5,8,11-13,17H2,1H3. The lowest BCUT2D eigenvalue weighted by molar-refractivity contribution is 0.207. The van der Waals surface area contributed by atoms with Crippen LogP contribution in [0.25, 0.3) is 0 Å². The quantitative estimate of drug-likeness (QED) is 0.854. The predicted molar refractivity (Wildman–Crippen MR) is 79.9 cm³/mol. The summed E-state index contributed by atoms with van der Waals surface area (Å²) < 4.78 is 0. The summed E-state index contributed by atoms with van der Waals surface area (Å²) in [6.45, 7) is 3.26. The third kappa shape index (κ3) is 4.92. The number of pyridine rings is 1. The SMILES string of the molecule is CN(CCc1ccncc1)CC1CCC(CN)CC1. The van der Waals surface area contributed by atoms with Crippen LogP contribution in [0.4, 0.5) is 0 Å². The van der Waals surface area contributed by atoms with Crippen molar-refractivity contribution in [3.05, 3.63) is 30.1 Å². The van der Waals surface area contributed by atoms with Crippen molar-refractivity contribution >= 4 is 0 Å². The van der Waals surface area contributed by atoms with E-state index >= 15 is 0 Å². The van der Waals surface area contributed by atoms with Gasteiger partial charge in [-0.1, -0.05) is 0 Å². The maximum Gasteiger partial charge on any atom is 0.0270 e. The first kappa shape index (κ1) is 14.5. The van der Waals surface area contributed by atoms with Gasteiger partial charge in [-0.3, -0.25) is 4.98 Å². The third-order valence-electron chi connectivity index (χ3n) is 4.40. The van der Waals surface area contributed by atoms with Crippen LogP contribution in [0.2, 0.25) is 0 Å². The predicted octanol–water partition coefficient (Wildman–Crippen LogP) is 2.32. The molecule has 0 aromatic carbocycles. The first-order valence-corrected chi connectivity index (χ1v) is 7.55. The van der Waals surface area contributed by atoms with Gasteiger partial charge in [0.25, 0.3) is 0 Å². The van der Waals surface area contributed by atoms with Gasteiger partial charge in [0.15, 0.2) is 0 Å². The van der Waals surface area contributed by atoms with Crippen LogP contribution in [0.5, 0.6) is 0 Å². The van der Waals surface area contributed by atoms with Crippen molar-refractivity contribution in [2.75, 3.05) is 26.7 Å². The summed E-state index contributed by atoms with van der Waals surface area (Å²) in [6.07, 6.45) is 10.3. The Balaban J connectivity index is 1.66. The summed E-state index contributed by atoms with van der Waals surface area (Å²) in [5, 5.41) is 0. The van der Waals surface area contributed by atoms with Gasteiger partial charge in [0.2, 0.25) is 0 Å². The summed E-state index contributed by atoms with van der Waals surface area (Å²) in [5.74, 6) is 1.67. The Kier molecular flexibility index (Phi) is 5.80. The lowest BCUT2D eigenvalue weighted by atomic mass is 9.82. The zero-order valence-corrected chi connectivity index (χ0v) is 12.1. The minimum Gasteiger partial charge on any atom is -0.330 e. The maximum atomic E-state index is 5.75. The largest absolute Gasteiger partial charge is 0.330 e. The summed E-state index contributed by atoms with van der Waals surface area (Å²) in [6, 6.07) is 4.22. The van der Waals surface area contributed by atoms with Crippen LogP contribution in [0, 0.1) is 11.8 Å². The highest BCUT2D eigenvalue weighted by Gasteiger charge is 2.20. The van der Waals surface area contributed by atoms with E-state index in [9.17, 15) is 0 Å². The number of rotatable bonds is 6. The van der Waals surface area contributed by atoms with Crippen molar-refractivity contribution in [2.45, 2.75) is 32.1 Å². The summed E-state index contributed by atoms with van der Waals surface area (Å²) in [7, 11) is 2.25. The van der Waals surface area contributed by atoms with Crippen molar-refractivity contribution < 1.29 is 0 Å². The molecule has 2 rings (SSSR count). The molecule has 0 atom stereocenters. The molecule has 0 aliphatic heterocycles. The molecular weight excluding hydrogens is 234 g/mol. The minimum atomic E-state index is 0.790. The van der Waals surface area contributed by atoms with Gasteiger partial charge in [-0.15, -0.1) is 0 Å². The van der Waals surface area contributed by atoms with Crippen LogP contribution in [-0.4, -0.2) is 36.6 Å². The summed E-state index contributed by atoms with van der Waals surface area (Å²) in [4.78, 5) is 6.54. The molecule has 3 nitrogen and oxygen atoms in total. The second-order valence-corrected chi connectivity index (χ2v) is 5.99. The second kappa shape index (κ2) is 7.61. The summed E-state index contributed by atoms with van der Waals surface area (Å²) in [5.41, 5.74) is 7.13. The highest BCUT2D eigenvalue weighted by atomic mass is 15.1. The molecule has 106 valence electrons. The number of hydrogen-bond acceptors (Lipinski definition) is 3. The number of nitrogens with zero attached hydrogens (tertiary/aromatic N) is 2. The molecular formula is C16H27N3. The van der Waals surface area contributed by atoms with E-state index in [0.717, 1.165) is 31.3 Å². The maximum absolute atomic E-state index is 5.75. The Morgan fingerprint density at radius 3 is 2.42 bits per heavy atom. The molecule has 1 aliphatic rings. The average molecular weight is 261 g/mol. The number of hydrogen-bond donors (Lipinski definition) is 1. The van der Waals surface area contributed by atoms with Gasteiger partial charge < -0.3 is 10.6 Å². The fourth-order valence-electron chi connectivity index (χ4n) is 3.05. The molecule has 1 aromatic rings. The molecule has 1 aliphatic carbocycles. The van der Waals surface area contributed by atoms with Gasteiger partial charge in [0.05, 0.1) is 0 Å². The van der Waals surface area contributed by atoms with Crippen LogP contribution >= 0.6 is 0 Å². The van der Waals surface area contributed by atoms with E-state index in [0.29, 0.717) is 0 Å². The Hall–Kier alpha value is -0.930. The van der Waals surface area contributed by atoms with Crippen LogP contribution in [-0.2, 0) is 6.42 Å². The molecule has 0 unspecified atom stereocenters. The fraction of sp³-hybridized carbons (Fsp3) is 0.688. The molecule has 0 spiro atoms. The molecule has 3 heteroatoms. The van der Waals surface area contributed by atoms with Crippen LogP contribution in [0.1, 0.15) is 31.2 Å². The van der Waals surface area contributed by atoms with Crippen molar-refractivity contribution in [3.63, 3.8) is 0 Å². The highest BCUT2D eigenvalue weighted by molar-refractivity contribution is 5.09. The van der Waals surface area contributed by atoms with Crippen molar-refractivity contribution in [3.8, 4) is 0 Å². The van der Waals surface area contributed by atoms with Gasteiger partial charge in [-0.25, -0.2) is 0 Å². The highest BCUT2D eigenvalue weighted by Crippen LogP contribution is 2.28. The van der Waals surface area contributed by atoms with Crippen molar-refractivity contribution in [1.29, 1.82) is 0 Å². The van der Waals surface area contributed by atoms with E-state index in [2.05, 4.69) is 29.1 Å². The van der Waals surface area contributed by atoms with E-state index in [4.69, 9.17) is 5.73 Å². The van der Waals surface area contributed by atoms with E-state index in [1.54, 1.807) is 0 Å². The van der Waals surface area contributed by atoms with Crippen LogP contribution in [0.15, 0.2) is 24.5 Å². The zero-order valence-electron chi connectivity index (χ0n) is 12.1. The lowest BCUT2D eigenvalue weighted by Gasteiger charge is -2.30. The monoisotopic (exact) mass is 261 g/mol. The number of nitrogens with two attached hydrogens (primary N) is 1. The Bertz CT molecular complexity index is 344. The van der Waals surface area contributed by atoms with Gasteiger partial charge in [-0.05, 0) is 75.2 Å². The molecule has 2 N–H and O–H groups in total. The molecule has 19 heavy (non-hydrogen) atoms. The van der Waals surface area contributed by atoms with Crippen molar-refractivity contribution in [1.82, 2.24) is 9.88 Å². The van der Waals surface area contributed by atoms with Crippen molar-refractivity contribution in [2.24, 2.45) is 17.6 Å². The molecule has 0 amide bonds. The fourth-order valence-corrected chi connectivity index (χ4v) is 3.05. The lowest BCUT2D eigenvalue weighted by Crippen LogP contribution is -2.31.